The molecule has 86 valence electrons. The summed E-state index contributed by atoms with van der Waals surface area (Å²) >= 11 is 4.77. The lowest BCUT2D eigenvalue weighted by molar-refractivity contribution is 0.575. The van der Waals surface area contributed by atoms with Crippen molar-refractivity contribution in [3.05, 3.63) is 35.0 Å². The lowest BCUT2D eigenvalue weighted by Crippen LogP contribution is -1.80. The summed E-state index contributed by atoms with van der Waals surface area (Å²) in [6, 6.07) is 3.98. The summed E-state index contributed by atoms with van der Waals surface area (Å²) in [6.07, 6.45) is 1.70. The van der Waals surface area contributed by atoms with Crippen LogP contribution in [0.15, 0.2) is 38.0 Å². The molecule has 3 heterocycles. The molecule has 4 nitrogen and oxygen atoms in total. The van der Waals surface area contributed by atoms with Crippen molar-refractivity contribution in [3.8, 4) is 10.8 Å². The molecule has 0 spiro atoms. The Bertz CT molecular complexity index is 574. The zero-order valence-electron chi connectivity index (χ0n) is 8.57. The first-order chi connectivity index (χ1) is 8.42. The fourth-order valence-electron chi connectivity index (χ4n) is 1.25. The van der Waals surface area contributed by atoms with Crippen LogP contribution >= 0.6 is 34.4 Å². The number of rotatable bonds is 4. The van der Waals surface area contributed by atoms with Gasteiger partial charge in [-0.3, -0.25) is 0 Å². The summed E-state index contributed by atoms with van der Waals surface area (Å²) in [5.41, 5.74) is 2.65. The van der Waals surface area contributed by atoms with Crippen molar-refractivity contribution in [1.82, 2.24) is 15.2 Å². The third kappa shape index (κ3) is 2.56. The van der Waals surface area contributed by atoms with Crippen LogP contribution in [0.5, 0.6) is 0 Å². The van der Waals surface area contributed by atoms with Gasteiger partial charge in [-0.15, -0.1) is 21.5 Å². The molecule has 0 aromatic carbocycles. The molecule has 3 aromatic heterocycles. The van der Waals surface area contributed by atoms with E-state index in [4.69, 9.17) is 4.42 Å². The lowest BCUT2D eigenvalue weighted by Gasteiger charge is -1.90. The third-order valence-corrected chi connectivity index (χ3v) is 4.72. The molecule has 0 atom stereocenters. The molecule has 3 aromatic rings. The van der Waals surface area contributed by atoms with Crippen molar-refractivity contribution in [2.45, 2.75) is 10.1 Å². The lowest BCUT2D eigenvalue weighted by atomic mass is 10.5. The zero-order chi connectivity index (χ0) is 11.5. The van der Waals surface area contributed by atoms with Gasteiger partial charge in [0, 0.05) is 5.75 Å². The maximum atomic E-state index is 5.43. The Balaban J connectivity index is 1.69. The Kier molecular flexibility index (Phi) is 3.21. The van der Waals surface area contributed by atoms with Crippen molar-refractivity contribution < 1.29 is 4.42 Å². The summed E-state index contributed by atoms with van der Waals surface area (Å²) in [6.45, 7) is 0. The van der Waals surface area contributed by atoms with Gasteiger partial charge in [0.25, 0.3) is 0 Å². The van der Waals surface area contributed by atoms with Crippen LogP contribution in [0.3, 0.4) is 0 Å². The van der Waals surface area contributed by atoms with E-state index in [2.05, 4.69) is 15.2 Å². The van der Waals surface area contributed by atoms with Gasteiger partial charge in [-0.05, 0) is 11.4 Å². The topological polar surface area (TPSA) is 51.8 Å². The smallest absolute Gasteiger partial charge is 0.236 e. The minimum atomic E-state index is 0.688. The van der Waals surface area contributed by atoms with Gasteiger partial charge in [0.05, 0.1) is 10.6 Å². The SMILES string of the molecule is c1csc(-c2nc(CSc3nncs3)co2)c1. The highest BCUT2D eigenvalue weighted by Crippen LogP contribution is 2.27. The molecule has 0 saturated carbocycles. The van der Waals surface area contributed by atoms with Crippen LogP contribution in [0.25, 0.3) is 10.8 Å². The molecule has 0 radical (unpaired) electrons. The standard InChI is InChI=1S/C10H7N3OS3/c1-2-8(15-3-1)9-12-7(4-14-9)5-16-10-13-11-6-17-10/h1-4,6H,5H2. The third-order valence-electron chi connectivity index (χ3n) is 1.97. The minimum Gasteiger partial charge on any atom is -0.444 e. The number of aromatic nitrogens is 3. The molecule has 0 N–H and O–H groups in total. The molecule has 0 aliphatic heterocycles. The van der Waals surface area contributed by atoms with Crippen LogP contribution in [0, 0.1) is 0 Å². The van der Waals surface area contributed by atoms with Crippen molar-refractivity contribution in [2.75, 3.05) is 0 Å². The summed E-state index contributed by atoms with van der Waals surface area (Å²) in [7, 11) is 0. The van der Waals surface area contributed by atoms with Gasteiger partial charge in [-0.1, -0.05) is 29.2 Å². The van der Waals surface area contributed by atoms with E-state index in [9.17, 15) is 0 Å². The number of oxazole rings is 1. The van der Waals surface area contributed by atoms with Crippen LogP contribution in [-0.2, 0) is 5.75 Å². The number of thiophene rings is 1. The number of thioether (sulfide) groups is 1. The van der Waals surface area contributed by atoms with Gasteiger partial charge in [-0.2, -0.15) is 0 Å². The molecule has 0 saturated heterocycles. The Morgan fingerprint density at radius 2 is 2.35 bits per heavy atom. The molecule has 17 heavy (non-hydrogen) atoms. The van der Waals surface area contributed by atoms with Crippen LogP contribution in [-0.4, -0.2) is 15.2 Å². The highest BCUT2D eigenvalue weighted by Gasteiger charge is 2.08. The van der Waals surface area contributed by atoms with E-state index in [1.165, 1.54) is 11.3 Å². The van der Waals surface area contributed by atoms with Crippen LogP contribution in [0.4, 0.5) is 0 Å². The van der Waals surface area contributed by atoms with Gasteiger partial charge in [0.2, 0.25) is 5.89 Å². The zero-order valence-corrected chi connectivity index (χ0v) is 11.0. The Labute approximate surface area is 110 Å². The van der Waals surface area contributed by atoms with E-state index in [0.717, 1.165) is 20.7 Å². The van der Waals surface area contributed by atoms with Crippen LogP contribution < -0.4 is 0 Å². The van der Waals surface area contributed by atoms with Crippen molar-refractivity contribution in [1.29, 1.82) is 0 Å². The second kappa shape index (κ2) is 4.99. The van der Waals surface area contributed by atoms with E-state index < -0.39 is 0 Å². The van der Waals surface area contributed by atoms with Crippen molar-refractivity contribution >= 4 is 34.4 Å². The fourth-order valence-corrected chi connectivity index (χ4v) is 3.27. The molecule has 0 aliphatic carbocycles. The quantitative estimate of drug-likeness (QED) is 0.684. The molecule has 0 fully saturated rings. The van der Waals surface area contributed by atoms with E-state index >= 15 is 0 Å². The monoisotopic (exact) mass is 281 g/mol. The van der Waals surface area contributed by atoms with Gasteiger partial charge >= 0.3 is 0 Å². The summed E-state index contributed by atoms with van der Waals surface area (Å²) < 4.78 is 6.38. The maximum Gasteiger partial charge on any atom is 0.236 e. The largest absolute Gasteiger partial charge is 0.444 e. The second-order valence-electron chi connectivity index (χ2n) is 3.11. The van der Waals surface area contributed by atoms with E-state index in [0.29, 0.717) is 5.89 Å². The highest BCUT2D eigenvalue weighted by atomic mass is 32.2. The molecule has 0 unspecified atom stereocenters. The average Bonchev–Trinajstić information content (AvgIpc) is 3.09. The first kappa shape index (κ1) is 10.9. The second-order valence-corrected chi connectivity index (χ2v) is 6.12. The van der Waals surface area contributed by atoms with E-state index in [1.54, 1.807) is 34.9 Å². The molecule has 0 aliphatic rings. The normalized spacial score (nSPS) is 10.8. The molecule has 0 amide bonds. The predicted octanol–water partition coefficient (Wildman–Crippen LogP) is 3.55. The van der Waals surface area contributed by atoms with E-state index in [1.807, 2.05) is 17.5 Å². The fraction of sp³-hybridized carbons (Fsp3) is 0.100. The van der Waals surface area contributed by atoms with Crippen molar-refractivity contribution in [2.24, 2.45) is 0 Å². The highest BCUT2D eigenvalue weighted by molar-refractivity contribution is 8.00. The molecule has 7 heteroatoms. The summed E-state index contributed by atoms with van der Waals surface area (Å²) in [4.78, 5) is 5.48. The predicted molar refractivity (Wildman–Crippen MR) is 69.3 cm³/mol. The Morgan fingerprint density at radius 3 is 3.12 bits per heavy atom. The number of hydrogen-bond acceptors (Lipinski definition) is 7. The van der Waals surface area contributed by atoms with Gasteiger partial charge in [-0.25, -0.2) is 4.98 Å². The Hall–Kier alpha value is -1.18. The maximum absolute atomic E-state index is 5.43. The molecule has 3 rings (SSSR count). The average molecular weight is 281 g/mol. The van der Waals surface area contributed by atoms with Gasteiger partial charge in [0.15, 0.2) is 4.34 Å². The molecular weight excluding hydrogens is 274 g/mol. The number of hydrogen-bond donors (Lipinski definition) is 0. The molecular formula is C10H7N3OS3. The minimum absolute atomic E-state index is 0.688. The van der Waals surface area contributed by atoms with Gasteiger partial charge in [0.1, 0.15) is 11.8 Å². The first-order valence-electron chi connectivity index (χ1n) is 4.79. The summed E-state index contributed by atoms with van der Waals surface area (Å²) in [5.74, 6) is 1.44. The molecule has 0 bridgehead atoms. The van der Waals surface area contributed by atoms with Crippen LogP contribution in [0.1, 0.15) is 5.69 Å². The Morgan fingerprint density at radius 1 is 1.35 bits per heavy atom. The first-order valence-corrected chi connectivity index (χ1v) is 7.53. The number of nitrogens with zero attached hydrogens (tertiary/aromatic N) is 3. The summed E-state index contributed by atoms with van der Waals surface area (Å²) in [5, 5.41) is 9.76. The van der Waals surface area contributed by atoms with Crippen molar-refractivity contribution in [3.63, 3.8) is 0 Å². The van der Waals surface area contributed by atoms with E-state index in [-0.39, 0.29) is 0 Å². The van der Waals surface area contributed by atoms with Crippen LogP contribution in [0.2, 0.25) is 0 Å². The van der Waals surface area contributed by atoms with Gasteiger partial charge < -0.3 is 4.42 Å².